The number of aliphatic hydroxyl groups is 1. The molecular weight excluding hydrogens is 246 g/mol. The molecule has 0 saturated carbocycles. The van der Waals surface area contributed by atoms with Crippen molar-refractivity contribution < 1.29 is 19.4 Å². The van der Waals surface area contributed by atoms with Gasteiger partial charge in [-0.3, -0.25) is 0 Å². The Kier molecular flexibility index (Phi) is 7.62. The van der Waals surface area contributed by atoms with E-state index in [1.165, 1.54) is 4.90 Å². The highest BCUT2D eigenvalue weighted by Gasteiger charge is 2.13. The molecule has 0 aromatic heterocycles. The van der Waals surface area contributed by atoms with E-state index in [9.17, 15) is 4.79 Å². The number of rotatable bonds is 8. The number of carbonyl (C=O) groups excluding carboxylic acids is 1. The van der Waals surface area contributed by atoms with Gasteiger partial charge in [0.15, 0.2) is 0 Å². The van der Waals surface area contributed by atoms with Crippen LogP contribution < -0.4 is 0 Å². The largest absolute Gasteiger partial charge is 0.445 e. The van der Waals surface area contributed by atoms with Crippen molar-refractivity contribution in [1.82, 2.24) is 4.90 Å². The minimum atomic E-state index is -0.408. The summed E-state index contributed by atoms with van der Waals surface area (Å²) in [6.07, 6.45) is 0.311. The van der Waals surface area contributed by atoms with Gasteiger partial charge in [0.1, 0.15) is 6.61 Å². The van der Waals surface area contributed by atoms with Gasteiger partial charge < -0.3 is 19.5 Å². The summed E-state index contributed by atoms with van der Waals surface area (Å²) in [5, 5.41) is 8.95. The van der Waals surface area contributed by atoms with Crippen LogP contribution in [0.5, 0.6) is 0 Å². The van der Waals surface area contributed by atoms with Crippen molar-refractivity contribution in [3.63, 3.8) is 0 Å². The highest BCUT2D eigenvalue weighted by atomic mass is 16.6. The van der Waals surface area contributed by atoms with Gasteiger partial charge in [0, 0.05) is 26.8 Å². The predicted octanol–water partition coefficient (Wildman–Crippen LogP) is 1.65. The number of aliphatic hydroxyl groups excluding tert-OH is 1. The summed E-state index contributed by atoms with van der Waals surface area (Å²) in [6.45, 7) is 1.53. The monoisotopic (exact) mass is 267 g/mol. The third-order valence-corrected chi connectivity index (χ3v) is 2.61. The van der Waals surface area contributed by atoms with Gasteiger partial charge in [-0.1, -0.05) is 30.3 Å². The molecule has 0 fully saturated rings. The predicted molar refractivity (Wildman–Crippen MR) is 71.8 cm³/mol. The second-order valence-corrected chi connectivity index (χ2v) is 4.10. The first kappa shape index (κ1) is 15.5. The average Bonchev–Trinajstić information content (AvgIpc) is 2.45. The smallest absolute Gasteiger partial charge is 0.410 e. The molecule has 19 heavy (non-hydrogen) atoms. The Balaban J connectivity index is 2.38. The zero-order chi connectivity index (χ0) is 13.9. The number of nitrogens with zero attached hydrogens (tertiary/aromatic N) is 1. The van der Waals surface area contributed by atoms with Crippen molar-refractivity contribution in [3.8, 4) is 0 Å². The van der Waals surface area contributed by atoms with Crippen molar-refractivity contribution in [1.29, 1.82) is 0 Å². The maximum Gasteiger partial charge on any atom is 0.410 e. The van der Waals surface area contributed by atoms with Crippen LogP contribution in [0.2, 0.25) is 0 Å². The Hall–Kier alpha value is -1.59. The van der Waals surface area contributed by atoms with Gasteiger partial charge >= 0.3 is 6.09 Å². The lowest BCUT2D eigenvalue weighted by Crippen LogP contribution is -2.35. The summed E-state index contributed by atoms with van der Waals surface area (Å²) < 4.78 is 10.1. The molecule has 1 amide bonds. The Bertz CT molecular complexity index is 356. The van der Waals surface area contributed by atoms with Gasteiger partial charge in [0.25, 0.3) is 0 Å². The molecular formula is C14H21NO4. The molecule has 1 aromatic rings. The van der Waals surface area contributed by atoms with Crippen molar-refractivity contribution in [2.24, 2.45) is 0 Å². The van der Waals surface area contributed by atoms with Crippen LogP contribution in [0.25, 0.3) is 0 Å². The fraction of sp³-hybridized carbons (Fsp3) is 0.500. The molecule has 106 valence electrons. The summed E-state index contributed by atoms with van der Waals surface area (Å²) in [7, 11) is 1.62. The molecule has 0 spiro atoms. The maximum atomic E-state index is 11.9. The second-order valence-electron chi connectivity index (χ2n) is 4.10. The highest BCUT2D eigenvalue weighted by Crippen LogP contribution is 2.04. The third kappa shape index (κ3) is 6.22. The lowest BCUT2D eigenvalue weighted by atomic mass is 10.2. The van der Waals surface area contributed by atoms with Gasteiger partial charge in [0.2, 0.25) is 0 Å². The van der Waals surface area contributed by atoms with Crippen LogP contribution >= 0.6 is 0 Å². The summed E-state index contributed by atoms with van der Waals surface area (Å²) >= 11 is 0. The van der Waals surface area contributed by atoms with Gasteiger partial charge in [-0.15, -0.1) is 0 Å². The van der Waals surface area contributed by atoms with E-state index in [2.05, 4.69) is 0 Å². The number of hydrogen-bond donors (Lipinski definition) is 1. The first-order valence-corrected chi connectivity index (χ1v) is 6.33. The fourth-order valence-corrected chi connectivity index (χ4v) is 1.63. The summed E-state index contributed by atoms with van der Waals surface area (Å²) in [4.78, 5) is 13.3. The fourth-order valence-electron chi connectivity index (χ4n) is 1.63. The second kappa shape index (κ2) is 9.35. The van der Waals surface area contributed by atoms with Crippen molar-refractivity contribution in [2.75, 3.05) is 33.4 Å². The van der Waals surface area contributed by atoms with E-state index in [4.69, 9.17) is 14.6 Å². The van der Waals surface area contributed by atoms with E-state index in [1.807, 2.05) is 30.3 Å². The van der Waals surface area contributed by atoms with Crippen LogP contribution in [0.1, 0.15) is 12.0 Å². The van der Waals surface area contributed by atoms with Gasteiger partial charge in [-0.05, 0) is 12.0 Å². The van der Waals surface area contributed by atoms with Crippen LogP contribution in [-0.2, 0) is 16.1 Å². The molecule has 0 saturated heterocycles. The molecule has 5 heteroatoms. The SMILES string of the molecule is COCCCN(CCO)C(=O)OCc1ccccc1. The first-order valence-electron chi connectivity index (χ1n) is 6.33. The van der Waals surface area contributed by atoms with Crippen LogP contribution in [0.3, 0.4) is 0 Å². The zero-order valence-electron chi connectivity index (χ0n) is 11.2. The van der Waals surface area contributed by atoms with Crippen LogP contribution in [0.15, 0.2) is 30.3 Å². The Morgan fingerprint density at radius 1 is 1.26 bits per heavy atom. The molecule has 0 atom stereocenters. The molecule has 0 bridgehead atoms. The molecule has 5 nitrogen and oxygen atoms in total. The standard InChI is InChI=1S/C14H21NO4/c1-18-11-5-8-15(9-10-16)14(17)19-12-13-6-3-2-4-7-13/h2-4,6-7,16H,5,8-12H2,1H3. The lowest BCUT2D eigenvalue weighted by Gasteiger charge is -2.21. The minimum absolute atomic E-state index is 0.0760. The van der Waals surface area contributed by atoms with E-state index in [1.54, 1.807) is 7.11 Å². The molecule has 0 unspecified atom stereocenters. The van der Waals surface area contributed by atoms with Crippen molar-refractivity contribution in [2.45, 2.75) is 13.0 Å². The zero-order valence-corrected chi connectivity index (χ0v) is 11.2. The maximum absolute atomic E-state index is 11.9. The molecule has 1 N–H and O–H groups in total. The molecule has 0 radical (unpaired) electrons. The van der Waals surface area contributed by atoms with Gasteiger partial charge in [0.05, 0.1) is 6.61 Å². The molecule has 0 aliphatic heterocycles. The molecule has 0 aliphatic rings. The molecule has 1 rings (SSSR count). The van der Waals surface area contributed by atoms with Gasteiger partial charge in [-0.25, -0.2) is 4.79 Å². The Morgan fingerprint density at radius 3 is 2.63 bits per heavy atom. The number of amides is 1. The van der Waals surface area contributed by atoms with E-state index in [-0.39, 0.29) is 19.8 Å². The van der Waals surface area contributed by atoms with Crippen LogP contribution in [-0.4, -0.2) is 49.5 Å². The van der Waals surface area contributed by atoms with Crippen LogP contribution in [0.4, 0.5) is 4.79 Å². The van der Waals surface area contributed by atoms with Crippen LogP contribution in [0, 0.1) is 0 Å². The third-order valence-electron chi connectivity index (χ3n) is 2.61. The average molecular weight is 267 g/mol. The van der Waals surface area contributed by atoms with Crippen molar-refractivity contribution in [3.05, 3.63) is 35.9 Å². The van der Waals surface area contributed by atoms with E-state index in [0.717, 1.165) is 12.0 Å². The molecule has 0 aliphatic carbocycles. The molecule has 1 aromatic carbocycles. The Morgan fingerprint density at radius 2 is 2.00 bits per heavy atom. The first-order chi connectivity index (χ1) is 9.27. The quantitative estimate of drug-likeness (QED) is 0.728. The van der Waals surface area contributed by atoms with E-state index < -0.39 is 6.09 Å². The summed E-state index contributed by atoms with van der Waals surface area (Å²) in [5.74, 6) is 0. The van der Waals surface area contributed by atoms with Crippen molar-refractivity contribution >= 4 is 6.09 Å². The Labute approximate surface area is 113 Å². The normalized spacial score (nSPS) is 10.2. The topological polar surface area (TPSA) is 59.0 Å². The number of hydrogen-bond acceptors (Lipinski definition) is 4. The highest BCUT2D eigenvalue weighted by molar-refractivity contribution is 5.67. The van der Waals surface area contributed by atoms with Gasteiger partial charge in [-0.2, -0.15) is 0 Å². The number of methoxy groups -OCH3 is 1. The summed E-state index contributed by atoms with van der Waals surface area (Å²) in [5.41, 5.74) is 0.941. The minimum Gasteiger partial charge on any atom is -0.445 e. The van der Waals surface area contributed by atoms with E-state index >= 15 is 0 Å². The number of carbonyl (C=O) groups is 1. The molecule has 0 heterocycles. The number of benzene rings is 1. The van der Waals surface area contributed by atoms with E-state index in [0.29, 0.717) is 13.2 Å². The lowest BCUT2D eigenvalue weighted by molar-refractivity contribution is 0.0838. The summed E-state index contributed by atoms with van der Waals surface area (Å²) in [6, 6.07) is 9.50. The number of ether oxygens (including phenoxy) is 2.